The molecule has 2 aliphatic heterocycles. The maximum atomic E-state index is 12.9. The molecule has 0 spiro atoms. The summed E-state index contributed by atoms with van der Waals surface area (Å²) < 4.78 is 0. The molecule has 2 atom stereocenters. The van der Waals surface area contributed by atoms with Crippen molar-refractivity contribution in [2.75, 3.05) is 5.32 Å². The van der Waals surface area contributed by atoms with E-state index in [4.69, 9.17) is 11.6 Å². The fourth-order valence-corrected chi connectivity index (χ4v) is 3.32. The lowest BCUT2D eigenvalue weighted by molar-refractivity contribution is -0.120. The monoisotopic (exact) mass is 292 g/mol. The van der Waals surface area contributed by atoms with Gasteiger partial charge in [-0.25, -0.2) is 0 Å². The second kappa shape index (κ2) is 4.22. The molecule has 1 aromatic rings. The van der Waals surface area contributed by atoms with E-state index in [0.29, 0.717) is 22.7 Å². The Bertz CT molecular complexity index is 612. The van der Waals surface area contributed by atoms with Crippen molar-refractivity contribution in [3.8, 4) is 0 Å². The Labute approximate surface area is 123 Å². The van der Waals surface area contributed by atoms with Crippen LogP contribution in [0, 0.1) is 5.92 Å². The number of rotatable bonds is 0. The third-order valence-electron chi connectivity index (χ3n) is 4.71. The molecule has 20 heavy (non-hydrogen) atoms. The minimum absolute atomic E-state index is 0.114. The third kappa shape index (κ3) is 1.74. The van der Waals surface area contributed by atoms with Gasteiger partial charge in [0.25, 0.3) is 5.91 Å². The molecular formula is C15H17ClN2O2. The minimum Gasteiger partial charge on any atom is -0.324 e. The fraction of sp³-hybridized carbons (Fsp3) is 0.467. The first-order chi connectivity index (χ1) is 9.32. The summed E-state index contributed by atoms with van der Waals surface area (Å²) in [4.78, 5) is 27.0. The van der Waals surface area contributed by atoms with E-state index in [-0.39, 0.29) is 23.3 Å². The van der Waals surface area contributed by atoms with E-state index in [2.05, 4.69) is 12.2 Å². The molecule has 2 amide bonds. The van der Waals surface area contributed by atoms with E-state index in [1.807, 2.05) is 13.8 Å². The Kier molecular flexibility index (Phi) is 2.83. The number of hydrogen-bond acceptors (Lipinski definition) is 2. The average molecular weight is 293 g/mol. The van der Waals surface area contributed by atoms with Crippen molar-refractivity contribution in [2.24, 2.45) is 5.92 Å². The standard InChI is InChI=1S/C15H17ClN2O2/c1-8-6-12-13(19)17-11-5-4-9(16)7-10(11)14(20)18(12)15(8,2)3/h4-5,7-8,12H,6H2,1-3H3,(H,17,19). The Morgan fingerprint density at radius 3 is 2.75 bits per heavy atom. The first-order valence-corrected chi connectivity index (χ1v) is 7.14. The van der Waals surface area contributed by atoms with E-state index >= 15 is 0 Å². The zero-order valence-corrected chi connectivity index (χ0v) is 12.5. The number of hydrogen-bond donors (Lipinski definition) is 1. The summed E-state index contributed by atoms with van der Waals surface area (Å²) in [7, 11) is 0. The molecule has 0 aliphatic carbocycles. The van der Waals surface area contributed by atoms with Crippen molar-refractivity contribution in [3.63, 3.8) is 0 Å². The second-order valence-electron chi connectivity index (χ2n) is 6.16. The maximum absolute atomic E-state index is 12.9. The largest absolute Gasteiger partial charge is 0.324 e. The van der Waals surface area contributed by atoms with Crippen molar-refractivity contribution in [1.82, 2.24) is 4.90 Å². The number of amides is 2. The molecule has 2 aliphatic rings. The van der Waals surface area contributed by atoms with Crippen LogP contribution in [0.15, 0.2) is 18.2 Å². The summed E-state index contributed by atoms with van der Waals surface area (Å²) in [6.45, 7) is 6.10. The smallest absolute Gasteiger partial charge is 0.257 e. The van der Waals surface area contributed by atoms with Crippen LogP contribution in [0.4, 0.5) is 5.69 Å². The number of anilines is 1. The van der Waals surface area contributed by atoms with Gasteiger partial charge in [-0.1, -0.05) is 18.5 Å². The van der Waals surface area contributed by atoms with Gasteiger partial charge in [0, 0.05) is 10.6 Å². The van der Waals surface area contributed by atoms with Gasteiger partial charge in [-0.15, -0.1) is 0 Å². The molecule has 106 valence electrons. The van der Waals surface area contributed by atoms with E-state index in [0.717, 1.165) is 0 Å². The highest BCUT2D eigenvalue weighted by molar-refractivity contribution is 6.31. The van der Waals surface area contributed by atoms with Crippen LogP contribution in [0.2, 0.25) is 5.02 Å². The molecule has 3 rings (SSSR count). The molecule has 0 radical (unpaired) electrons. The zero-order valence-electron chi connectivity index (χ0n) is 11.7. The van der Waals surface area contributed by atoms with Gasteiger partial charge in [0.1, 0.15) is 6.04 Å². The summed E-state index contributed by atoms with van der Waals surface area (Å²) in [6, 6.07) is 4.59. The molecular weight excluding hydrogens is 276 g/mol. The SMILES string of the molecule is CC1CC2C(=O)Nc3ccc(Cl)cc3C(=O)N2C1(C)C. The van der Waals surface area contributed by atoms with E-state index in [1.165, 1.54) is 0 Å². The van der Waals surface area contributed by atoms with Gasteiger partial charge >= 0.3 is 0 Å². The first kappa shape index (κ1) is 13.4. The molecule has 1 fully saturated rings. The topological polar surface area (TPSA) is 49.4 Å². The second-order valence-corrected chi connectivity index (χ2v) is 6.60. The fourth-order valence-electron chi connectivity index (χ4n) is 3.14. The molecule has 0 bridgehead atoms. The molecule has 2 heterocycles. The van der Waals surface area contributed by atoms with Crippen LogP contribution in [0.1, 0.15) is 37.6 Å². The number of halogens is 1. The van der Waals surface area contributed by atoms with Gasteiger partial charge in [-0.2, -0.15) is 0 Å². The molecule has 1 N–H and O–H groups in total. The maximum Gasteiger partial charge on any atom is 0.257 e. The molecule has 0 saturated carbocycles. The lowest BCUT2D eigenvalue weighted by atomic mass is 9.89. The van der Waals surface area contributed by atoms with Crippen LogP contribution in [0.25, 0.3) is 0 Å². The Balaban J connectivity index is 2.16. The van der Waals surface area contributed by atoms with Gasteiger partial charge in [0.05, 0.1) is 11.3 Å². The van der Waals surface area contributed by atoms with Crippen LogP contribution in [0.5, 0.6) is 0 Å². The molecule has 1 saturated heterocycles. The summed E-state index contributed by atoms with van der Waals surface area (Å²) in [6.07, 6.45) is 0.687. The lowest BCUT2D eigenvalue weighted by Gasteiger charge is -2.36. The number of carbonyl (C=O) groups is 2. The number of nitrogens with one attached hydrogen (secondary N) is 1. The molecule has 5 heteroatoms. The molecule has 4 nitrogen and oxygen atoms in total. The van der Waals surface area contributed by atoms with Crippen LogP contribution < -0.4 is 5.32 Å². The molecule has 2 unspecified atom stereocenters. The summed E-state index contributed by atoms with van der Waals surface area (Å²) in [5, 5.41) is 3.34. The number of carbonyl (C=O) groups excluding carboxylic acids is 2. The van der Waals surface area contributed by atoms with E-state index in [9.17, 15) is 9.59 Å². The van der Waals surface area contributed by atoms with Crippen molar-refractivity contribution in [2.45, 2.75) is 38.8 Å². The van der Waals surface area contributed by atoms with Gasteiger partial charge in [-0.3, -0.25) is 9.59 Å². The average Bonchev–Trinajstić information content (AvgIpc) is 2.55. The van der Waals surface area contributed by atoms with E-state index in [1.54, 1.807) is 23.1 Å². The highest BCUT2D eigenvalue weighted by Crippen LogP contribution is 2.42. The van der Waals surface area contributed by atoms with Crippen molar-refractivity contribution >= 4 is 29.1 Å². The normalized spacial score (nSPS) is 27.7. The zero-order chi connectivity index (χ0) is 14.7. The van der Waals surface area contributed by atoms with Gasteiger partial charge in [-0.05, 0) is 44.4 Å². The summed E-state index contributed by atoms with van der Waals surface area (Å²) >= 11 is 5.99. The quantitative estimate of drug-likeness (QED) is 0.799. The molecule has 1 aromatic carbocycles. The Morgan fingerprint density at radius 2 is 2.05 bits per heavy atom. The number of fused-ring (bicyclic) bond motifs is 2. The predicted octanol–water partition coefficient (Wildman–Crippen LogP) is 2.92. The number of nitrogens with zero attached hydrogens (tertiary/aromatic N) is 1. The van der Waals surface area contributed by atoms with Gasteiger partial charge < -0.3 is 10.2 Å². The van der Waals surface area contributed by atoms with Crippen molar-refractivity contribution in [3.05, 3.63) is 28.8 Å². The van der Waals surface area contributed by atoms with Gasteiger partial charge in [0.2, 0.25) is 5.91 Å². The number of benzene rings is 1. The van der Waals surface area contributed by atoms with Crippen molar-refractivity contribution < 1.29 is 9.59 Å². The predicted molar refractivity (Wildman–Crippen MR) is 77.9 cm³/mol. The van der Waals surface area contributed by atoms with E-state index < -0.39 is 6.04 Å². The third-order valence-corrected chi connectivity index (χ3v) is 4.94. The Hall–Kier alpha value is -1.55. The van der Waals surface area contributed by atoms with Gasteiger partial charge in [0.15, 0.2) is 0 Å². The van der Waals surface area contributed by atoms with Crippen molar-refractivity contribution in [1.29, 1.82) is 0 Å². The van der Waals surface area contributed by atoms with Crippen LogP contribution in [0.3, 0.4) is 0 Å². The summed E-state index contributed by atoms with van der Waals surface area (Å²) in [5.74, 6) is 0.0278. The minimum atomic E-state index is -0.404. The van der Waals surface area contributed by atoms with Crippen LogP contribution >= 0.6 is 11.6 Å². The Morgan fingerprint density at radius 1 is 1.35 bits per heavy atom. The summed E-state index contributed by atoms with van der Waals surface area (Å²) in [5.41, 5.74) is 0.668. The lowest BCUT2D eigenvalue weighted by Crippen LogP contribution is -2.50. The highest BCUT2D eigenvalue weighted by atomic mass is 35.5. The first-order valence-electron chi connectivity index (χ1n) is 6.76. The van der Waals surface area contributed by atoms with Crippen LogP contribution in [-0.2, 0) is 4.79 Å². The molecule has 0 aromatic heterocycles. The van der Waals surface area contributed by atoms with Crippen LogP contribution in [-0.4, -0.2) is 28.3 Å². The highest BCUT2D eigenvalue weighted by Gasteiger charge is 2.51.